The van der Waals surface area contributed by atoms with E-state index in [0.717, 1.165) is 29.0 Å². The van der Waals surface area contributed by atoms with Gasteiger partial charge in [-0.15, -0.1) is 0 Å². The van der Waals surface area contributed by atoms with E-state index in [0.29, 0.717) is 13.0 Å². The number of amides is 3. The minimum Gasteiger partial charge on any atom is -0.467 e. The number of urea groups is 1. The molecule has 1 atom stereocenters. The molecule has 1 aliphatic heterocycles. The van der Waals surface area contributed by atoms with Crippen LogP contribution in [0.1, 0.15) is 36.3 Å². The number of carbonyl (C=O) groups is 2. The summed E-state index contributed by atoms with van der Waals surface area (Å²) in [6, 6.07) is 9.23. The van der Waals surface area contributed by atoms with E-state index in [9.17, 15) is 9.59 Å². The first-order chi connectivity index (χ1) is 11.5. The summed E-state index contributed by atoms with van der Waals surface area (Å²) in [5.41, 5.74) is 2.99. The largest absolute Gasteiger partial charge is 0.467 e. The maximum atomic E-state index is 12.3. The van der Waals surface area contributed by atoms with Crippen molar-refractivity contribution in [3.05, 3.63) is 53.5 Å². The molecular formula is C18H21N3O3. The fourth-order valence-corrected chi connectivity index (χ4v) is 2.76. The molecule has 2 heterocycles. The van der Waals surface area contributed by atoms with Gasteiger partial charge in [0.05, 0.1) is 18.8 Å². The van der Waals surface area contributed by atoms with Crippen molar-refractivity contribution >= 4 is 17.6 Å². The first kappa shape index (κ1) is 16.1. The van der Waals surface area contributed by atoms with Gasteiger partial charge in [0.2, 0.25) is 5.91 Å². The maximum Gasteiger partial charge on any atom is 0.318 e. The number of benzene rings is 1. The third-order valence-corrected chi connectivity index (χ3v) is 4.18. The lowest BCUT2D eigenvalue weighted by Crippen LogP contribution is -2.38. The first-order valence-electron chi connectivity index (χ1n) is 7.99. The molecule has 0 saturated carbocycles. The van der Waals surface area contributed by atoms with E-state index < -0.39 is 0 Å². The van der Waals surface area contributed by atoms with Crippen molar-refractivity contribution in [2.45, 2.75) is 32.4 Å². The van der Waals surface area contributed by atoms with Crippen LogP contribution in [0.4, 0.5) is 10.5 Å². The van der Waals surface area contributed by atoms with Crippen molar-refractivity contribution in [2.24, 2.45) is 0 Å². The molecule has 2 aromatic rings. The van der Waals surface area contributed by atoms with E-state index in [4.69, 9.17) is 4.42 Å². The molecule has 0 fully saturated rings. The van der Waals surface area contributed by atoms with Gasteiger partial charge < -0.3 is 20.0 Å². The van der Waals surface area contributed by atoms with Crippen molar-refractivity contribution in [3.63, 3.8) is 0 Å². The van der Waals surface area contributed by atoms with Crippen LogP contribution >= 0.6 is 0 Å². The van der Waals surface area contributed by atoms with Crippen LogP contribution < -0.4 is 10.6 Å². The van der Waals surface area contributed by atoms with E-state index in [-0.39, 0.29) is 18.0 Å². The van der Waals surface area contributed by atoms with Gasteiger partial charge in [-0.25, -0.2) is 4.79 Å². The Balaban J connectivity index is 1.63. The van der Waals surface area contributed by atoms with Gasteiger partial charge in [0.1, 0.15) is 5.76 Å². The standard InChI is InChI=1S/C18H21N3O3/c1-12(19-18(23)21(2)11-15-4-3-9-24-15)13-5-7-16-14(10-13)6-8-17(22)20-16/h3-5,7,9-10,12H,6,8,11H2,1-2H3,(H,19,23)(H,20,22). The van der Waals surface area contributed by atoms with E-state index in [1.807, 2.05) is 31.2 Å². The van der Waals surface area contributed by atoms with Crippen LogP contribution in [0.5, 0.6) is 0 Å². The smallest absolute Gasteiger partial charge is 0.318 e. The number of rotatable bonds is 4. The topological polar surface area (TPSA) is 74.6 Å². The summed E-state index contributed by atoms with van der Waals surface area (Å²) < 4.78 is 5.26. The molecule has 3 rings (SSSR count). The number of nitrogens with zero attached hydrogens (tertiary/aromatic N) is 1. The predicted octanol–water partition coefficient (Wildman–Crippen LogP) is 3.07. The number of carbonyl (C=O) groups excluding carboxylic acids is 2. The summed E-state index contributed by atoms with van der Waals surface area (Å²) in [7, 11) is 1.73. The average Bonchev–Trinajstić information content (AvgIpc) is 3.07. The average molecular weight is 327 g/mol. The van der Waals surface area contributed by atoms with E-state index in [1.54, 1.807) is 24.3 Å². The molecule has 6 heteroatoms. The van der Waals surface area contributed by atoms with Gasteiger partial charge in [0, 0.05) is 19.2 Å². The number of hydrogen-bond acceptors (Lipinski definition) is 3. The number of hydrogen-bond donors (Lipinski definition) is 2. The van der Waals surface area contributed by atoms with Gasteiger partial charge in [-0.05, 0) is 42.7 Å². The Bertz CT molecular complexity index is 740. The van der Waals surface area contributed by atoms with Crippen molar-refractivity contribution in [2.75, 3.05) is 12.4 Å². The van der Waals surface area contributed by atoms with Crippen LogP contribution in [0, 0.1) is 0 Å². The number of fused-ring (bicyclic) bond motifs is 1. The molecule has 1 unspecified atom stereocenters. The molecule has 0 radical (unpaired) electrons. The van der Waals surface area contributed by atoms with E-state index in [1.165, 1.54) is 0 Å². The molecular weight excluding hydrogens is 306 g/mol. The Morgan fingerprint density at radius 1 is 1.38 bits per heavy atom. The molecule has 0 spiro atoms. The van der Waals surface area contributed by atoms with Crippen LogP contribution in [0.3, 0.4) is 0 Å². The van der Waals surface area contributed by atoms with Crippen LogP contribution in [-0.4, -0.2) is 23.9 Å². The second-order valence-electron chi connectivity index (χ2n) is 6.07. The van der Waals surface area contributed by atoms with Crippen molar-refractivity contribution < 1.29 is 14.0 Å². The molecule has 0 aliphatic carbocycles. The van der Waals surface area contributed by atoms with Crippen LogP contribution in [0.2, 0.25) is 0 Å². The summed E-state index contributed by atoms with van der Waals surface area (Å²) in [6.07, 6.45) is 2.83. The van der Waals surface area contributed by atoms with E-state index >= 15 is 0 Å². The fraction of sp³-hybridized carbons (Fsp3) is 0.333. The van der Waals surface area contributed by atoms with Gasteiger partial charge in [-0.2, -0.15) is 0 Å². The molecule has 0 saturated heterocycles. The Hall–Kier alpha value is -2.76. The maximum absolute atomic E-state index is 12.3. The highest BCUT2D eigenvalue weighted by Crippen LogP contribution is 2.26. The molecule has 2 N–H and O–H groups in total. The molecule has 126 valence electrons. The Morgan fingerprint density at radius 3 is 2.96 bits per heavy atom. The number of furan rings is 1. The third kappa shape index (κ3) is 3.59. The molecule has 6 nitrogen and oxygen atoms in total. The molecule has 1 aliphatic rings. The SMILES string of the molecule is CC(NC(=O)N(C)Cc1ccco1)c1ccc2c(c1)CCC(=O)N2. The van der Waals surface area contributed by atoms with Gasteiger partial charge in [-0.1, -0.05) is 12.1 Å². The van der Waals surface area contributed by atoms with Crippen LogP contribution in [0.15, 0.2) is 41.0 Å². The fourth-order valence-electron chi connectivity index (χ4n) is 2.76. The van der Waals surface area contributed by atoms with Gasteiger partial charge in [-0.3, -0.25) is 4.79 Å². The molecule has 0 bridgehead atoms. The second-order valence-corrected chi connectivity index (χ2v) is 6.07. The summed E-state index contributed by atoms with van der Waals surface area (Å²) in [4.78, 5) is 25.3. The van der Waals surface area contributed by atoms with Gasteiger partial charge in [0.15, 0.2) is 0 Å². The minimum absolute atomic E-state index is 0.0520. The van der Waals surface area contributed by atoms with Gasteiger partial charge in [0.25, 0.3) is 0 Å². The molecule has 3 amide bonds. The third-order valence-electron chi connectivity index (χ3n) is 4.18. The monoisotopic (exact) mass is 327 g/mol. The van der Waals surface area contributed by atoms with Crippen molar-refractivity contribution in [1.29, 1.82) is 0 Å². The van der Waals surface area contributed by atoms with Crippen molar-refractivity contribution in [3.8, 4) is 0 Å². The summed E-state index contributed by atoms with van der Waals surface area (Å²) >= 11 is 0. The van der Waals surface area contributed by atoms with Gasteiger partial charge >= 0.3 is 6.03 Å². The second kappa shape index (κ2) is 6.78. The highest BCUT2D eigenvalue weighted by Gasteiger charge is 2.18. The van der Waals surface area contributed by atoms with Crippen LogP contribution in [-0.2, 0) is 17.8 Å². The normalized spacial score (nSPS) is 14.5. The number of anilines is 1. The summed E-state index contributed by atoms with van der Waals surface area (Å²) in [6.45, 7) is 2.36. The molecule has 1 aromatic heterocycles. The number of nitrogens with one attached hydrogen (secondary N) is 2. The summed E-state index contributed by atoms with van der Waals surface area (Å²) in [5, 5.41) is 5.85. The Labute approximate surface area is 140 Å². The zero-order chi connectivity index (χ0) is 17.1. The Kier molecular flexibility index (Phi) is 4.55. The molecule has 24 heavy (non-hydrogen) atoms. The lowest BCUT2D eigenvalue weighted by atomic mass is 9.98. The zero-order valence-corrected chi connectivity index (χ0v) is 13.8. The summed E-state index contributed by atoms with van der Waals surface area (Å²) in [5.74, 6) is 0.793. The zero-order valence-electron chi connectivity index (χ0n) is 13.8. The lowest BCUT2D eigenvalue weighted by Gasteiger charge is -2.23. The number of aryl methyl sites for hydroxylation is 1. The quantitative estimate of drug-likeness (QED) is 0.906. The van der Waals surface area contributed by atoms with Crippen LogP contribution in [0.25, 0.3) is 0 Å². The highest BCUT2D eigenvalue weighted by atomic mass is 16.3. The molecule has 1 aromatic carbocycles. The lowest BCUT2D eigenvalue weighted by molar-refractivity contribution is -0.116. The Morgan fingerprint density at radius 2 is 2.21 bits per heavy atom. The highest BCUT2D eigenvalue weighted by molar-refractivity contribution is 5.93. The van der Waals surface area contributed by atoms with E-state index in [2.05, 4.69) is 10.6 Å². The predicted molar refractivity (Wildman–Crippen MR) is 90.5 cm³/mol. The first-order valence-corrected chi connectivity index (χ1v) is 7.99. The minimum atomic E-state index is -0.162. The van der Waals surface area contributed by atoms with Crippen molar-refractivity contribution in [1.82, 2.24) is 10.2 Å².